The van der Waals surface area contributed by atoms with Crippen molar-refractivity contribution in [3.05, 3.63) is 23.5 Å². The molecule has 12 heavy (non-hydrogen) atoms. The smallest absolute Gasteiger partial charge is 0.158 e. The molecule has 0 spiro atoms. The predicted molar refractivity (Wildman–Crippen MR) is 46.8 cm³/mol. The van der Waals surface area contributed by atoms with Crippen LogP contribution in [0.2, 0.25) is 0 Å². The largest absolute Gasteiger partial charge is 0.250 e. The molecule has 0 aliphatic rings. The standard InChI is InChI=1S/C9H10N3/c1-6-4-5-10-9-8(6)7(2)11-12(9)3/h4H,1-3H3. The number of nitrogens with zero attached hydrogens (tertiary/aromatic N) is 3. The number of aryl methyl sites for hydroxylation is 3. The molecule has 0 fully saturated rings. The maximum atomic E-state index is 4.29. The Balaban J connectivity index is 2.99. The van der Waals surface area contributed by atoms with E-state index < -0.39 is 0 Å². The van der Waals surface area contributed by atoms with Crippen LogP contribution in [-0.4, -0.2) is 14.8 Å². The van der Waals surface area contributed by atoms with E-state index in [1.54, 1.807) is 4.68 Å². The monoisotopic (exact) mass is 160 g/mol. The molecule has 2 aromatic rings. The third kappa shape index (κ3) is 0.826. The van der Waals surface area contributed by atoms with Crippen LogP contribution in [0.25, 0.3) is 11.0 Å². The Kier molecular flexibility index (Phi) is 1.40. The van der Waals surface area contributed by atoms with Crippen LogP contribution in [0.4, 0.5) is 0 Å². The zero-order valence-corrected chi connectivity index (χ0v) is 7.42. The van der Waals surface area contributed by atoms with E-state index in [-0.39, 0.29) is 0 Å². The molecule has 0 aromatic carbocycles. The first-order valence-corrected chi connectivity index (χ1v) is 3.87. The van der Waals surface area contributed by atoms with Crippen LogP contribution in [0, 0.1) is 20.0 Å². The lowest BCUT2D eigenvalue weighted by Gasteiger charge is -1.94. The summed E-state index contributed by atoms with van der Waals surface area (Å²) < 4.78 is 1.79. The molecule has 0 aliphatic heterocycles. The van der Waals surface area contributed by atoms with E-state index >= 15 is 0 Å². The number of hydrogen-bond donors (Lipinski definition) is 0. The number of rotatable bonds is 0. The van der Waals surface area contributed by atoms with Crippen molar-refractivity contribution in [2.45, 2.75) is 13.8 Å². The molecule has 0 unspecified atom stereocenters. The van der Waals surface area contributed by atoms with Crippen molar-refractivity contribution >= 4 is 11.0 Å². The first-order chi connectivity index (χ1) is 5.70. The Morgan fingerprint density at radius 2 is 2.17 bits per heavy atom. The minimum Gasteiger partial charge on any atom is -0.250 e. The van der Waals surface area contributed by atoms with Gasteiger partial charge in [-0.25, -0.2) is 4.98 Å². The molecule has 2 rings (SSSR count). The molecule has 2 heterocycles. The molecule has 0 amide bonds. The van der Waals surface area contributed by atoms with Gasteiger partial charge in [0, 0.05) is 12.4 Å². The van der Waals surface area contributed by atoms with E-state index in [1.807, 2.05) is 20.0 Å². The highest BCUT2D eigenvalue weighted by atomic mass is 15.3. The van der Waals surface area contributed by atoms with Crippen LogP contribution >= 0.6 is 0 Å². The molecule has 0 aliphatic carbocycles. The summed E-state index contributed by atoms with van der Waals surface area (Å²) in [7, 11) is 1.90. The molecule has 2 aromatic heterocycles. The fourth-order valence-electron chi connectivity index (χ4n) is 1.50. The highest BCUT2D eigenvalue weighted by Gasteiger charge is 2.06. The summed E-state index contributed by atoms with van der Waals surface area (Å²) in [6.07, 6.45) is 2.85. The summed E-state index contributed by atoms with van der Waals surface area (Å²) in [5.74, 6) is 0. The minimum absolute atomic E-state index is 0.910. The second-order valence-corrected chi connectivity index (χ2v) is 2.98. The van der Waals surface area contributed by atoms with E-state index in [1.165, 1.54) is 5.56 Å². The van der Waals surface area contributed by atoms with Crippen molar-refractivity contribution in [3.8, 4) is 0 Å². The summed E-state index contributed by atoms with van der Waals surface area (Å²) in [5.41, 5.74) is 3.13. The average Bonchev–Trinajstić information content (AvgIpc) is 2.29. The first kappa shape index (κ1) is 7.28. The van der Waals surface area contributed by atoms with Crippen molar-refractivity contribution in [2.24, 2.45) is 7.05 Å². The van der Waals surface area contributed by atoms with Gasteiger partial charge in [-0.2, -0.15) is 5.10 Å². The summed E-state index contributed by atoms with van der Waals surface area (Å²) in [5, 5.41) is 5.43. The van der Waals surface area contributed by atoms with Gasteiger partial charge in [0.05, 0.1) is 11.9 Å². The minimum atomic E-state index is 0.910. The van der Waals surface area contributed by atoms with Crippen LogP contribution in [0.15, 0.2) is 6.07 Å². The Morgan fingerprint density at radius 1 is 1.42 bits per heavy atom. The molecular weight excluding hydrogens is 150 g/mol. The van der Waals surface area contributed by atoms with Gasteiger partial charge in [0.15, 0.2) is 5.65 Å². The molecule has 0 atom stereocenters. The SMILES string of the molecule is Cc1c[c]nc2c1c(C)nn2C. The van der Waals surface area contributed by atoms with Gasteiger partial charge in [0.2, 0.25) is 0 Å². The number of aromatic nitrogens is 3. The van der Waals surface area contributed by atoms with Crippen molar-refractivity contribution in [1.82, 2.24) is 14.8 Å². The number of hydrogen-bond acceptors (Lipinski definition) is 2. The molecular formula is C9H10N3. The van der Waals surface area contributed by atoms with Gasteiger partial charge in [0.25, 0.3) is 0 Å². The van der Waals surface area contributed by atoms with Crippen LogP contribution < -0.4 is 0 Å². The van der Waals surface area contributed by atoms with E-state index in [4.69, 9.17) is 0 Å². The van der Waals surface area contributed by atoms with E-state index in [2.05, 4.69) is 23.2 Å². The third-order valence-electron chi connectivity index (χ3n) is 2.04. The van der Waals surface area contributed by atoms with Gasteiger partial charge in [-0.3, -0.25) is 4.68 Å². The lowest BCUT2D eigenvalue weighted by molar-refractivity contribution is 0.773. The highest BCUT2D eigenvalue weighted by molar-refractivity contribution is 5.81. The molecule has 3 nitrogen and oxygen atoms in total. The third-order valence-corrected chi connectivity index (χ3v) is 2.04. The van der Waals surface area contributed by atoms with Gasteiger partial charge in [-0.05, 0) is 25.5 Å². The molecule has 0 bridgehead atoms. The topological polar surface area (TPSA) is 30.7 Å². The van der Waals surface area contributed by atoms with Gasteiger partial charge in [-0.1, -0.05) is 0 Å². The highest BCUT2D eigenvalue weighted by Crippen LogP contribution is 2.17. The maximum absolute atomic E-state index is 4.29. The predicted octanol–water partition coefficient (Wildman–Crippen LogP) is 1.39. The molecule has 61 valence electrons. The summed E-state index contributed by atoms with van der Waals surface area (Å²) in [4.78, 5) is 4.14. The van der Waals surface area contributed by atoms with Crippen molar-refractivity contribution in [2.75, 3.05) is 0 Å². The quantitative estimate of drug-likeness (QED) is 0.583. The summed E-state index contributed by atoms with van der Waals surface area (Å²) in [6, 6.07) is 1.89. The maximum Gasteiger partial charge on any atom is 0.158 e. The number of fused-ring (bicyclic) bond motifs is 1. The Labute approximate surface area is 71.0 Å². The Morgan fingerprint density at radius 3 is 2.83 bits per heavy atom. The lowest BCUT2D eigenvalue weighted by Crippen LogP contribution is -1.91. The summed E-state index contributed by atoms with van der Waals surface area (Å²) >= 11 is 0. The fraction of sp³-hybridized carbons (Fsp3) is 0.333. The molecule has 3 heteroatoms. The summed E-state index contributed by atoms with van der Waals surface area (Å²) in [6.45, 7) is 4.05. The molecule has 0 N–H and O–H groups in total. The van der Waals surface area contributed by atoms with Gasteiger partial charge in [-0.15, -0.1) is 0 Å². The molecule has 0 saturated heterocycles. The van der Waals surface area contributed by atoms with Gasteiger partial charge in [0.1, 0.15) is 0 Å². The van der Waals surface area contributed by atoms with Gasteiger partial charge >= 0.3 is 0 Å². The zero-order valence-electron chi connectivity index (χ0n) is 7.42. The van der Waals surface area contributed by atoms with Gasteiger partial charge < -0.3 is 0 Å². The van der Waals surface area contributed by atoms with Crippen molar-refractivity contribution in [3.63, 3.8) is 0 Å². The average molecular weight is 160 g/mol. The second-order valence-electron chi connectivity index (χ2n) is 2.98. The van der Waals surface area contributed by atoms with Crippen LogP contribution in [-0.2, 0) is 7.05 Å². The van der Waals surface area contributed by atoms with E-state index in [9.17, 15) is 0 Å². The lowest BCUT2D eigenvalue weighted by atomic mass is 10.2. The van der Waals surface area contributed by atoms with Crippen LogP contribution in [0.1, 0.15) is 11.3 Å². The van der Waals surface area contributed by atoms with E-state index in [0.29, 0.717) is 0 Å². The zero-order chi connectivity index (χ0) is 8.72. The van der Waals surface area contributed by atoms with Crippen LogP contribution in [0.5, 0.6) is 0 Å². The number of pyridine rings is 1. The van der Waals surface area contributed by atoms with Crippen LogP contribution in [0.3, 0.4) is 0 Å². The first-order valence-electron chi connectivity index (χ1n) is 3.87. The van der Waals surface area contributed by atoms with Crippen molar-refractivity contribution < 1.29 is 0 Å². The Hall–Kier alpha value is -1.38. The van der Waals surface area contributed by atoms with Crippen molar-refractivity contribution in [1.29, 1.82) is 0 Å². The molecule has 1 radical (unpaired) electrons. The Bertz CT molecular complexity index is 429. The second kappa shape index (κ2) is 2.30. The molecule has 0 saturated carbocycles. The van der Waals surface area contributed by atoms with E-state index in [0.717, 1.165) is 16.7 Å². The fourth-order valence-corrected chi connectivity index (χ4v) is 1.50. The normalized spacial score (nSPS) is 10.9.